The Morgan fingerprint density at radius 2 is 2.11 bits per heavy atom. The number of nitrogens with two attached hydrogens (primary N) is 1. The number of carbonyl (C=O) groups is 1. The van der Waals surface area contributed by atoms with Gasteiger partial charge in [0.05, 0.1) is 0 Å². The van der Waals surface area contributed by atoms with Crippen LogP contribution < -0.4 is 16.4 Å². The minimum Gasteiger partial charge on any atom is -0.368 e. The van der Waals surface area contributed by atoms with E-state index < -0.39 is 6.04 Å². The molecule has 1 amide bonds. The van der Waals surface area contributed by atoms with Crippen molar-refractivity contribution in [2.24, 2.45) is 5.92 Å². The molecule has 0 aliphatic carbocycles. The Labute approximate surface area is 111 Å². The Balaban J connectivity index is 2.58. The summed E-state index contributed by atoms with van der Waals surface area (Å²) in [4.78, 5) is 19.4. The number of carbonyl (C=O) groups excluding carboxylic acids is 1. The third-order valence-electron chi connectivity index (χ3n) is 2.15. The van der Waals surface area contributed by atoms with Crippen molar-refractivity contribution >= 4 is 29.3 Å². The van der Waals surface area contributed by atoms with E-state index >= 15 is 0 Å². The Kier molecular flexibility index (Phi) is 5.15. The molecule has 0 saturated carbocycles. The van der Waals surface area contributed by atoms with Crippen molar-refractivity contribution in [3.63, 3.8) is 0 Å². The first-order valence-electron chi connectivity index (χ1n) is 5.72. The fraction of sp³-hybridized carbons (Fsp3) is 0.545. The van der Waals surface area contributed by atoms with Gasteiger partial charge in [-0.05, 0) is 12.8 Å². The van der Waals surface area contributed by atoms with Crippen LogP contribution in [-0.4, -0.2) is 28.5 Å². The smallest absolute Gasteiger partial charge is 0.242 e. The molecule has 1 unspecified atom stereocenters. The van der Waals surface area contributed by atoms with Crippen LogP contribution in [-0.2, 0) is 4.79 Å². The van der Waals surface area contributed by atoms with Gasteiger partial charge in [0.2, 0.25) is 11.9 Å². The summed E-state index contributed by atoms with van der Waals surface area (Å²) in [6.45, 7) is 6.44. The fourth-order valence-electron chi connectivity index (χ4n) is 1.25. The number of anilines is 2. The number of nitrogens with zero attached hydrogens (tertiary/aromatic N) is 2. The number of hydrogen-bond donors (Lipinski definition) is 3. The molecular formula is C11H18ClN5O. The lowest BCUT2D eigenvalue weighted by molar-refractivity contribution is -0.121. The van der Waals surface area contributed by atoms with Crippen LogP contribution in [0.3, 0.4) is 0 Å². The molecule has 6 nitrogen and oxygen atoms in total. The second-order valence-corrected chi connectivity index (χ2v) is 4.83. The Morgan fingerprint density at radius 1 is 1.44 bits per heavy atom. The van der Waals surface area contributed by atoms with Gasteiger partial charge in [-0.15, -0.1) is 0 Å². The highest BCUT2D eigenvalue weighted by molar-refractivity contribution is 6.29. The number of hydrogen-bond acceptors (Lipinski definition) is 5. The number of halogens is 1. The predicted octanol–water partition coefficient (Wildman–Crippen LogP) is 1.28. The molecule has 0 radical (unpaired) electrons. The van der Waals surface area contributed by atoms with E-state index in [-0.39, 0.29) is 17.0 Å². The molecule has 0 aliphatic rings. The highest BCUT2D eigenvalue weighted by Gasteiger charge is 2.13. The monoisotopic (exact) mass is 271 g/mol. The lowest BCUT2D eigenvalue weighted by Gasteiger charge is -2.15. The Bertz CT molecular complexity index is 404. The Morgan fingerprint density at radius 3 is 2.67 bits per heavy atom. The zero-order valence-corrected chi connectivity index (χ0v) is 11.5. The number of aromatic nitrogens is 2. The lowest BCUT2D eigenvalue weighted by Crippen LogP contribution is -2.39. The van der Waals surface area contributed by atoms with Gasteiger partial charge in [0, 0.05) is 12.6 Å². The predicted molar refractivity (Wildman–Crippen MR) is 72.4 cm³/mol. The highest BCUT2D eigenvalue weighted by atomic mass is 35.5. The molecule has 1 rings (SSSR count). The van der Waals surface area contributed by atoms with E-state index in [0.717, 1.165) is 0 Å². The van der Waals surface area contributed by atoms with E-state index in [1.807, 2.05) is 13.8 Å². The van der Waals surface area contributed by atoms with Gasteiger partial charge < -0.3 is 16.4 Å². The molecule has 1 heterocycles. The molecule has 0 aliphatic heterocycles. The SMILES string of the molecule is CC(C)CNC(=O)C(C)Nc1cc(Cl)nc(N)n1. The molecule has 1 aromatic rings. The molecule has 4 N–H and O–H groups in total. The van der Waals surface area contributed by atoms with Crippen LogP contribution in [0, 0.1) is 5.92 Å². The van der Waals surface area contributed by atoms with Gasteiger partial charge >= 0.3 is 0 Å². The summed E-state index contributed by atoms with van der Waals surface area (Å²) in [5.41, 5.74) is 5.46. The van der Waals surface area contributed by atoms with Crippen LogP contribution in [0.1, 0.15) is 20.8 Å². The summed E-state index contributed by atoms with van der Waals surface area (Å²) in [5.74, 6) is 0.807. The normalized spacial score (nSPS) is 12.3. The van der Waals surface area contributed by atoms with Crippen molar-refractivity contribution in [3.05, 3.63) is 11.2 Å². The molecule has 0 spiro atoms. The Hall–Kier alpha value is -1.56. The van der Waals surface area contributed by atoms with Gasteiger partial charge in [-0.1, -0.05) is 25.4 Å². The van der Waals surface area contributed by atoms with Gasteiger partial charge in [0.1, 0.15) is 17.0 Å². The maximum absolute atomic E-state index is 11.7. The van der Waals surface area contributed by atoms with Gasteiger partial charge in [0.25, 0.3) is 0 Å². The molecular weight excluding hydrogens is 254 g/mol. The maximum Gasteiger partial charge on any atom is 0.242 e. The van der Waals surface area contributed by atoms with Crippen molar-refractivity contribution in [1.82, 2.24) is 15.3 Å². The third-order valence-corrected chi connectivity index (χ3v) is 2.35. The van der Waals surface area contributed by atoms with E-state index in [1.165, 1.54) is 6.07 Å². The second-order valence-electron chi connectivity index (χ2n) is 4.44. The van der Waals surface area contributed by atoms with E-state index in [0.29, 0.717) is 18.3 Å². The molecule has 1 atom stereocenters. The highest BCUT2D eigenvalue weighted by Crippen LogP contribution is 2.13. The first-order valence-corrected chi connectivity index (χ1v) is 6.10. The van der Waals surface area contributed by atoms with E-state index in [2.05, 4.69) is 20.6 Å². The number of nitrogens with one attached hydrogen (secondary N) is 2. The fourth-order valence-corrected chi connectivity index (χ4v) is 1.44. The largest absolute Gasteiger partial charge is 0.368 e. The maximum atomic E-state index is 11.7. The quantitative estimate of drug-likeness (QED) is 0.702. The summed E-state index contributed by atoms with van der Waals surface area (Å²) in [6, 6.07) is 1.10. The molecule has 100 valence electrons. The van der Waals surface area contributed by atoms with E-state index in [1.54, 1.807) is 6.92 Å². The molecule has 0 fully saturated rings. The average Bonchev–Trinajstić information content (AvgIpc) is 2.24. The standard InChI is InChI=1S/C11H18ClN5O/c1-6(2)5-14-10(18)7(3)15-9-4-8(12)16-11(13)17-9/h4,6-7H,5H2,1-3H3,(H,14,18)(H3,13,15,16,17). The zero-order chi connectivity index (χ0) is 13.7. The van der Waals surface area contributed by atoms with Crippen molar-refractivity contribution in [2.45, 2.75) is 26.8 Å². The van der Waals surface area contributed by atoms with Gasteiger partial charge in [0.15, 0.2) is 0 Å². The molecule has 18 heavy (non-hydrogen) atoms. The average molecular weight is 272 g/mol. The minimum atomic E-state index is -0.422. The third kappa shape index (κ3) is 4.75. The summed E-state index contributed by atoms with van der Waals surface area (Å²) in [6.07, 6.45) is 0. The van der Waals surface area contributed by atoms with Crippen LogP contribution >= 0.6 is 11.6 Å². The molecule has 0 aromatic carbocycles. The number of nitrogen functional groups attached to an aromatic ring is 1. The summed E-state index contributed by atoms with van der Waals surface area (Å²) >= 11 is 5.74. The van der Waals surface area contributed by atoms with E-state index in [9.17, 15) is 4.79 Å². The van der Waals surface area contributed by atoms with Crippen LogP contribution in [0.5, 0.6) is 0 Å². The van der Waals surface area contributed by atoms with Crippen LogP contribution in [0.2, 0.25) is 5.15 Å². The van der Waals surface area contributed by atoms with Gasteiger partial charge in [-0.25, -0.2) is 4.98 Å². The first-order chi connectivity index (χ1) is 8.38. The first kappa shape index (κ1) is 14.5. The van der Waals surface area contributed by atoms with Crippen LogP contribution in [0.4, 0.5) is 11.8 Å². The minimum absolute atomic E-state index is 0.0692. The second kappa shape index (κ2) is 6.39. The van der Waals surface area contributed by atoms with Crippen LogP contribution in [0.25, 0.3) is 0 Å². The zero-order valence-electron chi connectivity index (χ0n) is 10.7. The molecule has 0 bridgehead atoms. The van der Waals surface area contributed by atoms with Crippen molar-refractivity contribution in [2.75, 3.05) is 17.6 Å². The van der Waals surface area contributed by atoms with Crippen molar-refractivity contribution in [3.8, 4) is 0 Å². The van der Waals surface area contributed by atoms with Crippen molar-refractivity contribution in [1.29, 1.82) is 0 Å². The molecule has 0 saturated heterocycles. The molecule has 1 aromatic heterocycles. The van der Waals surface area contributed by atoms with Gasteiger partial charge in [-0.3, -0.25) is 4.79 Å². The topological polar surface area (TPSA) is 92.9 Å². The number of rotatable bonds is 5. The van der Waals surface area contributed by atoms with E-state index in [4.69, 9.17) is 17.3 Å². The number of amides is 1. The summed E-state index contributed by atoms with van der Waals surface area (Å²) in [5, 5.41) is 5.98. The van der Waals surface area contributed by atoms with Crippen LogP contribution in [0.15, 0.2) is 6.07 Å². The summed E-state index contributed by atoms with van der Waals surface area (Å²) in [7, 11) is 0. The van der Waals surface area contributed by atoms with Crippen molar-refractivity contribution < 1.29 is 4.79 Å². The van der Waals surface area contributed by atoms with Gasteiger partial charge in [-0.2, -0.15) is 4.98 Å². The lowest BCUT2D eigenvalue weighted by atomic mass is 10.2. The molecule has 7 heteroatoms. The summed E-state index contributed by atoms with van der Waals surface area (Å²) < 4.78 is 0.